The van der Waals surface area contributed by atoms with Gasteiger partial charge in [-0.25, -0.2) is 8.42 Å². The summed E-state index contributed by atoms with van der Waals surface area (Å²) in [6.45, 7) is 0.413. The molecule has 5 nitrogen and oxygen atoms in total. The molecule has 1 rings (SSSR count). The highest BCUT2D eigenvalue weighted by Crippen LogP contribution is 2.20. The van der Waals surface area contributed by atoms with Crippen LogP contribution >= 0.6 is 0 Å². The van der Waals surface area contributed by atoms with Crippen molar-refractivity contribution in [3.05, 3.63) is 0 Å². The fourth-order valence-electron chi connectivity index (χ4n) is 1.56. The Balaban J connectivity index is 2.36. The van der Waals surface area contributed by atoms with Gasteiger partial charge in [0.1, 0.15) is 15.9 Å². The van der Waals surface area contributed by atoms with Crippen LogP contribution in [0.15, 0.2) is 0 Å². The lowest BCUT2D eigenvalue weighted by Crippen LogP contribution is -2.26. The van der Waals surface area contributed by atoms with E-state index in [2.05, 4.69) is 0 Å². The molecule has 1 aliphatic rings. The Morgan fingerprint density at radius 1 is 1.47 bits per heavy atom. The van der Waals surface area contributed by atoms with Crippen molar-refractivity contribution in [2.45, 2.75) is 31.5 Å². The minimum Gasteiger partial charge on any atom is -0.366 e. The second kappa shape index (κ2) is 5.05. The van der Waals surface area contributed by atoms with Crippen LogP contribution < -0.4 is 5.73 Å². The predicted octanol–water partition coefficient (Wildman–Crippen LogP) is -0.503. The van der Waals surface area contributed by atoms with E-state index in [0.29, 0.717) is 13.0 Å². The third kappa shape index (κ3) is 4.27. The number of sulfone groups is 1. The molecule has 1 aliphatic heterocycles. The number of Topliss-reactive ketones (excluding diaryl/α,β-unsaturated/α-hetero) is 1. The summed E-state index contributed by atoms with van der Waals surface area (Å²) in [4.78, 5) is 11.5. The molecule has 1 heterocycles. The average Bonchev–Trinajstić information content (AvgIpc) is 2.61. The Labute approximate surface area is 89.9 Å². The number of nitrogens with two attached hydrogens (primary N) is 1. The quantitative estimate of drug-likeness (QED) is 0.694. The third-order valence-corrected chi connectivity index (χ3v) is 3.39. The molecule has 15 heavy (non-hydrogen) atoms. The largest absolute Gasteiger partial charge is 0.366 e. The average molecular weight is 235 g/mol. The van der Waals surface area contributed by atoms with Gasteiger partial charge in [0.05, 0.1) is 11.9 Å². The van der Waals surface area contributed by atoms with E-state index in [1.807, 2.05) is 0 Å². The Morgan fingerprint density at radius 2 is 2.13 bits per heavy atom. The van der Waals surface area contributed by atoms with E-state index in [-0.39, 0.29) is 24.1 Å². The lowest BCUT2D eigenvalue weighted by Gasteiger charge is -2.10. The molecule has 2 unspecified atom stereocenters. The summed E-state index contributed by atoms with van der Waals surface area (Å²) in [6, 6.07) is 0. The SMILES string of the molecule is CS(=O)(=O)CCC(=O)C1CCC(CN)O1. The fourth-order valence-corrected chi connectivity index (χ4v) is 2.13. The van der Waals surface area contributed by atoms with E-state index in [0.717, 1.165) is 12.7 Å². The molecule has 0 aromatic heterocycles. The minimum atomic E-state index is -3.07. The van der Waals surface area contributed by atoms with Crippen LogP contribution in [0.3, 0.4) is 0 Å². The molecule has 88 valence electrons. The molecule has 0 aromatic rings. The van der Waals surface area contributed by atoms with Crippen LogP contribution in [0.25, 0.3) is 0 Å². The zero-order valence-corrected chi connectivity index (χ0v) is 9.63. The number of carbonyl (C=O) groups is 1. The lowest BCUT2D eigenvalue weighted by atomic mass is 10.1. The number of hydrogen-bond acceptors (Lipinski definition) is 5. The van der Waals surface area contributed by atoms with Gasteiger partial charge in [-0.15, -0.1) is 0 Å². The van der Waals surface area contributed by atoms with Crippen molar-refractivity contribution in [1.29, 1.82) is 0 Å². The Bertz CT molecular complexity index is 325. The fraction of sp³-hybridized carbons (Fsp3) is 0.889. The zero-order valence-electron chi connectivity index (χ0n) is 8.81. The third-order valence-electron chi connectivity index (χ3n) is 2.45. The van der Waals surface area contributed by atoms with Crippen LogP contribution in [0.2, 0.25) is 0 Å². The van der Waals surface area contributed by atoms with E-state index in [9.17, 15) is 13.2 Å². The second-order valence-electron chi connectivity index (χ2n) is 3.91. The van der Waals surface area contributed by atoms with Gasteiger partial charge in [-0.1, -0.05) is 0 Å². The van der Waals surface area contributed by atoms with Gasteiger partial charge in [0, 0.05) is 19.2 Å². The highest BCUT2D eigenvalue weighted by molar-refractivity contribution is 7.90. The van der Waals surface area contributed by atoms with Crippen molar-refractivity contribution in [1.82, 2.24) is 0 Å². The molecule has 0 spiro atoms. The lowest BCUT2D eigenvalue weighted by molar-refractivity contribution is -0.129. The van der Waals surface area contributed by atoms with Gasteiger partial charge < -0.3 is 10.5 Å². The summed E-state index contributed by atoms with van der Waals surface area (Å²) >= 11 is 0. The van der Waals surface area contributed by atoms with Gasteiger partial charge in [0.25, 0.3) is 0 Å². The van der Waals surface area contributed by atoms with Crippen molar-refractivity contribution in [3.63, 3.8) is 0 Å². The minimum absolute atomic E-state index is 0.0425. The highest BCUT2D eigenvalue weighted by atomic mass is 32.2. The number of ether oxygens (including phenoxy) is 1. The molecule has 0 bridgehead atoms. The summed E-state index contributed by atoms with van der Waals surface area (Å²) in [5.74, 6) is -0.227. The van der Waals surface area contributed by atoms with Gasteiger partial charge in [-0.05, 0) is 12.8 Å². The molecule has 2 N–H and O–H groups in total. The van der Waals surface area contributed by atoms with E-state index in [1.165, 1.54) is 0 Å². The Hall–Kier alpha value is -0.460. The van der Waals surface area contributed by atoms with E-state index < -0.39 is 15.9 Å². The van der Waals surface area contributed by atoms with Crippen LogP contribution in [0, 0.1) is 0 Å². The molecule has 0 radical (unpaired) electrons. The first-order valence-electron chi connectivity index (χ1n) is 4.98. The van der Waals surface area contributed by atoms with Gasteiger partial charge >= 0.3 is 0 Å². The molecule has 6 heteroatoms. The first-order chi connectivity index (χ1) is 6.92. The Kier molecular flexibility index (Phi) is 4.24. The summed E-state index contributed by atoms with van der Waals surface area (Å²) in [6.07, 6.45) is 2.12. The number of hydrogen-bond donors (Lipinski definition) is 1. The monoisotopic (exact) mass is 235 g/mol. The van der Waals surface area contributed by atoms with Crippen LogP contribution in [-0.4, -0.2) is 45.0 Å². The van der Waals surface area contributed by atoms with Crippen molar-refractivity contribution in [2.75, 3.05) is 18.6 Å². The Morgan fingerprint density at radius 3 is 2.60 bits per heavy atom. The maximum Gasteiger partial charge on any atom is 0.162 e. The first-order valence-corrected chi connectivity index (χ1v) is 7.04. The van der Waals surface area contributed by atoms with Crippen molar-refractivity contribution >= 4 is 15.6 Å². The van der Waals surface area contributed by atoms with Crippen molar-refractivity contribution < 1.29 is 17.9 Å². The van der Waals surface area contributed by atoms with Crippen LogP contribution in [0.5, 0.6) is 0 Å². The maximum absolute atomic E-state index is 11.5. The predicted molar refractivity (Wildman–Crippen MR) is 56.3 cm³/mol. The van der Waals surface area contributed by atoms with Gasteiger partial charge in [-0.3, -0.25) is 4.79 Å². The maximum atomic E-state index is 11.5. The van der Waals surface area contributed by atoms with Gasteiger partial charge in [0.2, 0.25) is 0 Å². The summed E-state index contributed by atoms with van der Waals surface area (Å²) < 4.78 is 27.1. The summed E-state index contributed by atoms with van der Waals surface area (Å²) in [5.41, 5.74) is 5.41. The molecule has 0 aromatic carbocycles. The van der Waals surface area contributed by atoms with Crippen LogP contribution in [-0.2, 0) is 19.4 Å². The molecule has 2 atom stereocenters. The number of ketones is 1. The standard InChI is InChI=1S/C9H17NO4S/c1-15(12,13)5-4-8(11)9-3-2-7(6-10)14-9/h7,9H,2-6,10H2,1H3. The summed E-state index contributed by atoms with van der Waals surface area (Å²) in [7, 11) is -3.07. The van der Waals surface area contributed by atoms with Gasteiger partial charge in [0.15, 0.2) is 5.78 Å². The smallest absolute Gasteiger partial charge is 0.162 e. The molecule has 1 saturated heterocycles. The molecule has 0 saturated carbocycles. The molecule has 0 amide bonds. The van der Waals surface area contributed by atoms with E-state index in [1.54, 1.807) is 0 Å². The second-order valence-corrected chi connectivity index (χ2v) is 6.17. The number of carbonyl (C=O) groups excluding carboxylic acids is 1. The summed E-state index contributed by atoms with van der Waals surface area (Å²) in [5, 5.41) is 0. The molecular weight excluding hydrogens is 218 g/mol. The van der Waals surface area contributed by atoms with Gasteiger partial charge in [-0.2, -0.15) is 0 Å². The van der Waals surface area contributed by atoms with Crippen LogP contribution in [0.4, 0.5) is 0 Å². The van der Waals surface area contributed by atoms with E-state index in [4.69, 9.17) is 10.5 Å². The van der Waals surface area contributed by atoms with Crippen molar-refractivity contribution in [3.8, 4) is 0 Å². The normalized spacial score (nSPS) is 26.8. The topological polar surface area (TPSA) is 86.5 Å². The van der Waals surface area contributed by atoms with Crippen molar-refractivity contribution in [2.24, 2.45) is 5.73 Å². The zero-order chi connectivity index (χ0) is 11.5. The van der Waals surface area contributed by atoms with E-state index >= 15 is 0 Å². The molecule has 0 aliphatic carbocycles. The molecule has 1 fully saturated rings. The number of rotatable bonds is 5. The first kappa shape index (κ1) is 12.6. The van der Waals surface area contributed by atoms with Crippen LogP contribution in [0.1, 0.15) is 19.3 Å². The highest BCUT2D eigenvalue weighted by Gasteiger charge is 2.29. The molecular formula is C9H17NO4S.